The molecule has 9 heteroatoms. The van der Waals surface area contributed by atoms with Crippen molar-refractivity contribution in [2.24, 2.45) is 5.92 Å². The zero-order chi connectivity index (χ0) is 25.5. The number of rotatable bonds is 9. The Morgan fingerprint density at radius 2 is 1.78 bits per heavy atom. The molecule has 0 radical (unpaired) electrons. The Morgan fingerprint density at radius 1 is 1.08 bits per heavy atom. The lowest BCUT2D eigenvalue weighted by Gasteiger charge is -2.39. The molecule has 6 nitrogen and oxygen atoms in total. The van der Waals surface area contributed by atoms with Crippen LogP contribution in [0.25, 0.3) is 0 Å². The summed E-state index contributed by atoms with van der Waals surface area (Å²) in [5, 5.41) is 5.45. The first-order valence-corrected chi connectivity index (χ1v) is 13.6. The fourth-order valence-electron chi connectivity index (χ4n) is 4.53. The minimum absolute atomic E-state index is 0. The highest BCUT2D eigenvalue weighted by Gasteiger charge is 2.37. The van der Waals surface area contributed by atoms with E-state index in [0.717, 1.165) is 23.6 Å². The van der Waals surface area contributed by atoms with Crippen LogP contribution in [-0.4, -0.2) is 48.3 Å². The van der Waals surface area contributed by atoms with Gasteiger partial charge >= 0.3 is 0 Å². The topological polar surface area (TPSA) is 61.9 Å². The second kappa shape index (κ2) is 13.8. The van der Waals surface area contributed by atoms with Gasteiger partial charge in [-0.3, -0.25) is 14.5 Å². The molecule has 2 aromatic carbocycles. The molecule has 2 atom stereocenters. The fraction of sp³-hybridized carbons (Fsp3) is 0.357. The van der Waals surface area contributed by atoms with Crippen LogP contribution in [0.4, 0.5) is 5.69 Å². The van der Waals surface area contributed by atoms with Gasteiger partial charge in [0, 0.05) is 36.2 Å². The highest BCUT2D eigenvalue weighted by atomic mass is 35.5. The molecule has 4 rings (SSSR count). The smallest absolute Gasteiger partial charge is 0.251 e. The molecular weight excluding hydrogens is 529 g/mol. The largest absolute Gasteiger partial charge is 0.457 e. The molecule has 198 valence electrons. The Hall–Kier alpha value is -2.58. The highest BCUT2D eigenvalue weighted by Crippen LogP contribution is 2.34. The Bertz CT molecular complexity index is 1130. The summed E-state index contributed by atoms with van der Waals surface area (Å²) in [6, 6.07) is 20.0. The van der Waals surface area contributed by atoms with Crippen molar-refractivity contribution in [1.29, 1.82) is 0 Å². The van der Waals surface area contributed by atoms with E-state index in [-0.39, 0.29) is 36.1 Å². The Kier molecular flexibility index (Phi) is 10.8. The SMILES string of the molecule is CC(C)C[C@H]1CN(C(=O)[C@H](c2cccs2)N(C(=O)CCl)c2ccc(Oc3ccccc3)cc2)CCN1.Cl. The molecule has 0 bridgehead atoms. The maximum absolute atomic E-state index is 14.0. The molecule has 1 saturated heterocycles. The third-order valence-corrected chi connectivity index (χ3v) is 7.26. The average molecular weight is 563 g/mol. The van der Waals surface area contributed by atoms with Crippen molar-refractivity contribution >= 4 is 52.8 Å². The highest BCUT2D eigenvalue weighted by molar-refractivity contribution is 7.10. The number of anilines is 1. The first kappa shape index (κ1) is 29.0. The minimum Gasteiger partial charge on any atom is -0.457 e. The van der Waals surface area contributed by atoms with Crippen LogP contribution in [0.15, 0.2) is 72.1 Å². The van der Waals surface area contributed by atoms with E-state index in [1.54, 1.807) is 24.3 Å². The maximum atomic E-state index is 14.0. The quantitative estimate of drug-likeness (QED) is 0.319. The molecule has 37 heavy (non-hydrogen) atoms. The summed E-state index contributed by atoms with van der Waals surface area (Å²) in [6.45, 7) is 6.31. The standard InChI is InChI=1S/C28H32ClN3O3S.ClH/c1-20(2)17-21-19-31(15-14-30-21)28(34)27(25-9-6-16-36-25)32(26(33)18-29)22-10-12-24(13-11-22)35-23-7-4-3-5-8-23;/h3-13,16,20-21,27,30H,14-15,17-19H2,1-2H3;1H/t21-,27-;/m0./s1. The molecule has 1 aliphatic rings. The number of piperazine rings is 1. The molecule has 3 aromatic rings. The van der Waals surface area contributed by atoms with Gasteiger partial charge in [-0.2, -0.15) is 0 Å². The lowest BCUT2D eigenvalue weighted by Crippen LogP contribution is -2.56. The number of carbonyl (C=O) groups is 2. The second-order valence-corrected chi connectivity index (χ2v) is 10.5. The molecule has 1 N–H and O–H groups in total. The molecule has 2 heterocycles. The number of benzene rings is 2. The van der Waals surface area contributed by atoms with E-state index in [1.807, 2.05) is 52.7 Å². The van der Waals surface area contributed by atoms with Gasteiger partial charge < -0.3 is 15.0 Å². The summed E-state index contributed by atoms with van der Waals surface area (Å²) in [5.74, 6) is 1.25. The first-order valence-electron chi connectivity index (χ1n) is 12.2. The van der Waals surface area contributed by atoms with Crippen molar-refractivity contribution in [1.82, 2.24) is 10.2 Å². The number of nitrogens with zero attached hydrogens (tertiary/aromatic N) is 2. The van der Waals surface area contributed by atoms with Crippen molar-refractivity contribution in [2.45, 2.75) is 32.4 Å². The molecule has 0 aliphatic carbocycles. The van der Waals surface area contributed by atoms with Gasteiger partial charge in [-0.05, 0) is 60.2 Å². The predicted molar refractivity (Wildman–Crippen MR) is 153 cm³/mol. The second-order valence-electron chi connectivity index (χ2n) is 9.29. The normalized spacial score (nSPS) is 16.1. The van der Waals surface area contributed by atoms with E-state index in [0.29, 0.717) is 30.4 Å². The Balaban J connectivity index is 0.00000380. The number of carbonyl (C=O) groups excluding carboxylic acids is 2. The summed E-state index contributed by atoms with van der Waals surface area (Å²) < 4.78 is 5.91. The van der Waals surface area contributed by atoms with Crippen LogP contribution in [0.2, 0.25) is 0 Å². The Morgan fingerprint density at radius 3 is 2.41 bits per heavy atom. The van der Waals surface area contributed by atoms with Crippen LogP contribution in [0.5, 0.6) is 11.5 Å². The van der Waals surface area contributed by atoms with E-state index in [4.69, 9.17) is 16.3 Å². The number of alkyl halides is 1. The van der Waals surface area contributed by atoms with Crippen LogP contribution < -0.4 is 15.0 Å². The number of para-hydroxylation sites is 1. The predicted octanol–water partition coefficient (Wildman–Crippen LogP) is 6.12. The minimum atomic E-state index is -0.782. The summed E-state index contributed by atoms with van der Waals surface area (Å²) >= 11 is 7.53. The van der Waals surface area contributed by atoms with E-state index >= 15 is 0 Å². The van der Waals surface area contributed by atoms with Crippen LogP contribution in [-0.2, 0) is 9.59 Å². The summed E-state index contributed by atoms with van der Waals surface area (Å²) in [6.07, 6.45) is 0.987. The zero-order valence-electron chi connectivity index (χ0n) is 21.0. The molecule has 0 saturated carbocycles. The molecule has 1 aliphatic heterocycles. The summed E-state index contributed by atoms with van der Waals surface area (Å²) in [4.78, 5) is 31.4. The Labute approximate surface area is 234 Å². The van der Waals surface area contributed by atoms with Crippen molar-refractivity contribution < 1.29 is 14.3 Å². The van der Waals surface area contributed by atoms with Crippen molar-refractivity contribution in [2.75, 3.05) is 30.4 Å². The zero-order valence-corrected chi connectivity index (χ0v) is 23.4. The van der Waals surface area contributed by atoms with Crippen molar-refractivity contribution in [3.63, 3.8) is 0 Å². The number of nitrogens with one attached hydrogen (secondary N) is 1. The number of thiophene rings is 1. The number of halogens is 2. The third-order valence-electron chi connectivity index (χ3n) is 6.10. The van der Waals surface area contributed by atoms with Crippen molar-refractivity contribution in [3.8, 4) is 11.5 Å². The van der Waals surface area contributed by atoms with Crippen LogP contribution >= 0.6 is 35.3 Å². The van der Waals surface area contributed by atoms with E-state index in [9.17, 15) is 9.59 Å². The van der Waals surface area contributed by atoms with Gasteiger partial charge in [-0.25, -0.2) is 0 Å². The average Bonchev–Trinajstić information content (AvgIpc) is 3.42. The number of ether oxygens (including phenoxy) is 1. The number of amides is 2. The van der Waals surface area contributed by atoms with Gasteiger partial charge in [-0.1, -0.05) is 38.1 Å². The van der Waals surface area contributed by atoms with Gasteiger partial charge in [0.15, 0.2) is 0 Å². The van der Waals surface area contributed by atoms with Gasteiger partial charge in [0.25, 0.3) is 5.91 Å². The van der Waals surface area contributed by atoms with Gasteiger partial charge in [0.1, 0.15) is 23.4 Å². The molecular formula is C28H33Cl2N3O3S. The van der Waals surface area contributed by atoms with E-state index < -0.39 is 6.04 Å². The third kappa shape index (κ3) is 7.48. The molecule has 0 unspecified atom stereocenters. The molecule has 0 spiro atoms. The van der Waals surface area contributed by atoms with E-state index in [1.165, 1.54) is 16.2 Å². The van der Waals surface area contributed by atoms with Gasteiger partial charge in [-0.15, -0.1) is 35.3 Å². The molecule has 1 fully saturated rings. The molecule has 1 aromatic heterocycles. The monoisotopic (exact) mass is 561 g/mol. The van der Waals surface area contributed by atoms with Crippen LogP contribution in [0, 0.1) is 5.92 Å². The summed E-state index contributed by atoms with van der Waals surface area (Å²) in [7, 11) is 0. The van der Waals surface area contributed by atoms with Gasteiger partial charge in [0.2, 0.25) is 5.91 Å². The maximum Gasteiger partial charge on any atom is 0.251 e. The number of hydrogen-bond acceptors (Lipinski definition) is 5. The molecule has 2 amide bonds. The van der Waals surface area contributed by atoms with E-state index in [2.05, 4.69) is 19.2 Å². The fourth-order valence-corrected chi connectivity index (χ4v) is 5.47. The van der Waals surface area contributed by atoms with Crippen LogP contribution in [0.3, 0.4) is 0 Å². The lowest BCUT2D eigenvalue weighted by atomic mass is 10.0. The number of hydrogen-bond donors (Lipinski definition) is 1. The lowest BCUT2D eigenvalue weighted by molar-refractivity contribution is -0.135. The van der Waals surface area contributed by atoms with Gasteiger partial charge in [0.05, 0.1) is 0 Å². The first-order chi connectivity index (χ1) is 17.5. The summed E-state index contributed by atoms with van der Waals surface area (Å²) in [5.41, 5.74) is 0.599. The van der Waals surface area contributed by atoms with Crippen LogP contribution in [0.1, 0.15) is 31.2 Å². The van der Waals surface area contributed by atoms with Crippen molar-refractivity contribution in [3.05, 3.63) is 77.0 Å².